The van der Waals surface area contributed by atoms with Crippen LogP contribution in [-0.2, 0) is 15.0 Å². The summed E-state index contributed by atoms with van der Waals surface area (Å²) in [5.41, 5.74) is -0.319. The van der Waals surface area contributed by atoms with Crippen LogP contribution >= 0.6 is 0 Å². The quantitative estimate of drug-likeness (QED) is 0.144. The number of ether oxygens (including phenoxy) is 1. The number of nitrogens with one attached hydrogen (secondary N) is 1. The number of rotatable bonds is 4. The number of carbonyl (C=O) groups excluding carboxylic acids is 3. The molecule has 2 heterocycles. The van der Waals surface area contributed by atoms with E-state index in [0.29, 0.717) is 22.2 Å². The zero-order valence-electron chi connectivity index (χ0n) is 23.5. The molecule has 4 N–H and O–H groups in total. The highest BCUT2D eigenvalue weighted by molar-refractivity contribution is 6.31. The highest BCUT2D eigenvalue weighted by atomic mass is 16.5. The van der Waals surface area contributed by atoms with E-state index in [4.69, 9.17) is 9.15 Å². The monoisotopic (exact) mass is 579 g/mol. The van der Waals surface area contributed by atoms with E-state index in [1.165, 1.54) is 45.2 Å². The Morgan fingerprint density at radius 1 is 0.953 bits per heavy atom. The van der Waals surface area contributed by atoms with Crippen molar-refractivity contribution in [3.05, 3.63) is 98.7 Å². The summed E-state index contributed by atoms with van der Waals surface area (Å²) in [6, 6.07) is 11.0. The lowest BCUT2D eigenvalue weighted by Gasteiger charge is -2.29. The Morgan fingerprint density at radius 3 is 2.33 bits per heavy atom. The number of Topliss-reactive ketones (excluding diaryl/α,β-unsaturated/α-hetero) is 2. The number of anilines is 1. The number of hydrogen-bond donors (Lipinski definition) is 4. The Bertz CT molecular complexity index is 2070. The molecule has 216 valence electrons. The molecule has 10 nitrogen and oxygen atoms in total. The lowest BCUT2D eigenvalue weighted by Crippen LogP contribution is -2.40. The van der Waals surface area contributed by atoms with Crippen LogP contribution in [0, 0.1) is 6.92 Å². The van der Waals surface area contributed by atoms with Gasteiger partial charge in [-0.1, -0.05) is 12.1 Å². The van der Waals surface area contributed by atoms with Gasteiger partial charge in [-0.15, -0.1) is 0 Å². The van der Waals surface area contributed by atoms with Gasteiger partial charge in [0, 0.05) is 29.1 Å². The minimum absolute atomic E-state index is 0.0100. The maximum Gasteiger partial charge on any atom is 0.200 e. The average Bonchev–Trinajstić information content (AvgIpc) is 3.25. The molecule has 3 aromatic carbocycles. The van der Waals surface area contributed by atoms with Gasteiger partial charge in [0.15, 0.2) is 22.8 Å². The number of carbonyl (C=O) groups is 3. The Hall–Kier alpha value is -5.64. The van der Waals surface area contributed by atoms with E-state index in [-0.39, 0.29) is 56.2 Å². The minimum Gasteiger partial charge on any atom is -0.508 e. The minimum atomic E-state index is -1.63. The molecule has 1 aromatic heterocycles. The van der Waals surface area contributed by atoms with Crippen LogP contribution in [0.5, 0.6) is 23.0 Å². The molecular weight excluding hydrogens is 554 g/mol. The maximum atomic E-state index is 14.0. The van der Waals surface area contributed by atoms with Crippen molar-refractivity contribution in [2.75, 3.05) is 5.32 Å². The van der Waals surface area contributed by atoms with Crippen molar-refractivity contribution in [1.29, 1.82) is 0 Å². The molecule has 0 bridgehead atoms. The number of allylic oxidation sites excluding steroid dienone is 4. The van der Waals surface area contributed by atoms with E-state index in [0.717, 1.165) is 6.08 Å². The third-order valence-electron chi connectivity index (χ3n) is 8.05. The van der Waals surface area contributed by atoms with Gasteiger partial charge in [0.1, 0.15) is 51.6 Å². The molecule has 6 rings (SSSR count). The fourth-order valence-electron chi connectivity index (χ4n) is 5.69. The van der Waals surface area contributed by atoms with Gasteiger partial charge >= 0.3 is 0 Å². The van der Waals surface area contributed by atoms with E-state index in [1.54, 1.807) is 31.2 Å². The van der Waals surface area contributed by atoms with Crippen LogP contribution in [0.15, 0.2) is 81.0 Å². The van der Waals surface area contributed by atoms with Crippen LogP contribution in [0.3, 0.4) is 0 Å². The molecular formula is C33H25NO9. The SMILES string of the molecule is CC(=O)c1c(O)c(C)c(O)c2c1OC1=CC(=O)C(=C(C)Nc3ccc(-c4coc5cc(O)ccc5c4=O)cc3)C(=O)C12C. The lowest BCUT2D eigenvalue weighted by molar-refractivity contribution is -0.123. The van der Waals surface area contributed by atoms with Crippen molar-refractivity contribution in [1.82, 2.24) is 0 Å². The summed E-state index contributed by atoms with van der Waals surface area (Å²) in [6.45, 7) is 5.71. The van der Waals surface area contributed by atoms with Gasteiger partial charge in [-0.05, 0) is 57.5 Å². The summed E-state index contributed by atoms with van der Waals surface area (Å²) in [7, 11) is 0. The molecule has 0 spiro atoms. The Kier molecular flexibility index (Phi) is 6.05. The van der Waals surface area contributed by atoms with Gasteiger partial charge in [-0.3, -0.25) is 19.2 Å². The van der Waals surface area contributed by atoms with Gasteiger partial charge in [-0.2, -0.15) is 0 Å². The number of ketones is 3. The molecule has 43 heavy (non-hydrogen) atoms. The summed E-state index contributed by atoms with van der Waals surface area (Å²) in [5, 5.41) is 34.5. The Morgan fingerprint density at radius 2 is 1.65 bits per heavy atom. The molecule has 2 aliphatic rings. The summed E-state index contributed by atoms with van der Waals surface area (Å²) < 4.78 is 11.3. The molecule has 1 aliphatic carbocycles. The maximum absolute atomic E-state index is 14.0. The van der Waals surface area contributed by atoms with Gasteiger partial charge in [-0.25, -0.2) is 0 Å². The van der Waals surface area contributed by atoms with Crippen molar-refractivity contribution >= 4 is 34.0 Å². The molecule has 0 radical (unpaired) electrons. The molecule has 0 fully saturated rings. The highest BCUT2D eigenvalue weighted by Gasteiger charge is 2.56. The molecule has 4 aromatic rings. The van der Waals surface area contributed by atoms with E-state index >= 15 is 0 Å². The van der Waals surface area contributed by atoms with Crippen molar-refractivity contribution in [3.8, 4) is 34.1 Å². The van der Waals surface area contributed by atoms with Crippen molar-refractivity contribution < 1.29 is 38.9 Å². The van der Waals surface area contributed by atoms with Gasteiger partial charge < -0.3 is 29.8 Å². The number of fused-ring (bicyclic) bond motifs is 4. The number of aromatic hydroxyl groups is 3. The van der Waals surface area contributed by atoms with E-state index in [2.05, 4.69) is 5.32 Å². The van der Waals surface area contributed by atoms with Gasteiger partial charge in [0.2, 0.25) is 0 Å². The number of phenolic OH excluding ortho intramolecular Hbond substituents is 3. The van der Waals surface area contributed by atoms with Crippen LogP contribution in [0.25, 0.3) is 22.1 Å². The Labute approximate surface area is 244 Å². The molecule has 1 aliphatic heterocycles. The van der Waals surface area contributed by atoms with Crippen molar-refractivity contribution in [3.63, 3.8) is 0 Å². The first-order valence-electron chi connectivity index (χ1n) is 13.3. The molecule has 0 amide bonds. The predicted octanol–water partition coefficient (Wildman–Crippen LogP) is 5.16. The molecule has 10 heteroatoms. The molecule has 1 unspecified atom stereocenters. The molecule has 0 saturated heterocycles. The normalized spacial score (nSPS) is 18.6. The van der Waals surface area contributed by atoms with Gasteiger partial charge in [0.25, 0.3) is 0 Å². The first-order valence-corrected chi connectivity index (χ1v) is 13.3. The zero-order chi connectivity index (χ0) is 31.0. The van der Waals surface area contributed by atoms with E-state index < -0.39 is 34.3 Å². The van der Waals surface area contributed by atoms with E-state index in [9.17, 15) is 34.5 Å². The largest absolute Gasteiger partial charge is 0.508 e. The smallest absolute Gasteiger partial charge is 0.200 e. The third kappa shape index (κ3) is 3.94. The van der Waals surface area contributed by atoms with Crippen LogP contribution in [0.4, 0.5) is 5.69 Å². The Balaban J connectivity index is 1.36. The second-order valence-corrected chi connectivity index (χ2v) is 10.7. The number of hydrogen-bond acceptors (Lipinski definition) is 10. The zero-order valence-corrected chi connectivity index (χ0v) is 23.5. The fraction of sp³-hybridized carbons (Fsp3) is 0.152. The second-order valence-electron chi connectivity index (χ2n) is 10.7. The van der Waals surface area contributed by atoms with E-state index in [1.807, 2.05) is 0 Å². The van der Waals surface area contributed by atoms with Crippen LogP contribution in [-0.4, -0.2) is 32.7 Å². The topological polar surface area (TPSA) is 163 Å². The first kappa shape index (κ1) is 27.5. The summed E-state index contributed by atoms with van der Waals surface area (Å²) >= 11 is 0. The average molecular weight is 580 g/mol. The summed E-state index contributed by atoms with van der Waals surface area (Å²) in [4.78, 5) is 52.6. The van der Waals surface area contributed by atoms with Crippen LogP contribution in [0.1, 0.15) is 42.3 Å². The first-order chi connectivity index (χ1) is 20.3. The summed E-state index contributed by atoms with van der Waals surface area (Å²) in [5.74, 6) is -2.88. The fourth-order valence-corrected chi connectivity index (χ4v) is 5.69. The van der Waals surface area contributed by atoms with Crippen LogP contribution in [0.2, 0.25) is 0 Å². The third-order valence-corrected chi connectivity index (χ3v) is 8.05. The summed E-state index contributed by atoms with van der Waals surface area (Å²) in [6.07, 6.45) is 2.47. The number of benzene rings is 3. The van der Waals surface area contributed by atoms with Crippen molar-refractivity contribution in [2.45, 2.75) is 33.1 Å². The van der Waals surface area contributed by atoms with Crippen LogP contribution < -0.4 is 15.5 Å². The standard InChI is InChI=1S/C33H25NO9/c1-14-28(38)26(16(3)35)31-27(29(14)39)33(4)24(43-31)12-22(37)25(32(33)41)15(2)34-18-7-5-17(6-8-18)21-13-42-23-11-19(36)9-10-20(23)30(21)40/h5-13,34,36,38-39H,1-4H3. The molecule has 0 saturated carbocycles. The lowest BCUT2D eigenvalue weighted by atomic mass is 9.70. The number of phenols is 3. The highest BCUT2D eigenvalue weighted by Crippen LogP contribution is 2.57. The predicted molar refractivity (Wildman–Crippen MR) is 156 cm³/mol. The second kappa shape index (κ2) is 9.45. The molecule has 1 atom stereocenters. The van der Waals surface area contributed by atoms with Gasteiger partial charge in [0.05, 0.1) is 22.1 Å². The van der Waals surface area contributed by atoms with Crippen molar-refractivity contribution in [2.24, 2.45) is 0 Å².